The zero-order valence-corrected chi connectivity index (χ0v) is 16.3. The largest absolute Gasteiger partial charge is 0.382 e. The minimum atomic E-state index is 0.111. The van der Waals surface area contributed by atoms with Crippen molar-refractivity contribution in [3.05, 3.63) is 47.3 Å². The fourth-order valence-corrected chi connectivity index (χ4v) is 3.49. The zero-order chi connectivity index (χ0) is 18.7. The van der Waals surface area contributed by atoms with Crippen molar-refractivity contribution in [1.29, 1.82) is 0 Å². The van der Waals surface area contributed by atoms with Gasteiger partial charge in [0.15, 0.2) is 0 Å². The SMILES string of the molecule is CCn1nc(C(C)C)cc1C(=O)N1CCC(Nc2cccc(C)c2)CC1. The summed E-state index contributed by atoms with van der Waals surface area (Å²) in [6.07, 6.45) is 1.94. The van der Waals surface area contributed by atoms with Gasteiger partial charge in [-0.25, -0.2) is 0 Å². The van der Waals surface area contributed by atoms with Crippen LogP contribution in [-0.4, -0.2) is 39.7 Å². The Morgan fingerprint density at radius 2 is 2.00 bits per heavy atom. The van der Waals surface area contributed by atoms with Crippen LogP contribution in [-0.2, 0) is 6.54 Å². The molecule has 26 heavy (non-hydrogen) atoms. The zero-order valence-electron chi connectivity index (χ0n) is 16.3. The monoisotopic (exact) mass is 354 g/mol. The van der Waals surface area contributed by atoms with Crippen molar-refractivity contribution in [3.8, 4) is 0 Å². The Morgan fingerprint density at radius 3 is 2.62 bits per heavy atom. The number of carbonyl (C=O) groups excluding carboxylic acids is 1. The molecule has 3 rings (SSSR count). The number of rotatable bonds is 5. The predicted octanol–water partition coefficient (Wildman–Crippen LogP) is 4.05. The molecule has 5 nitrogen and oxygen atoms in total. The van der Waals surface area contributed by atoms with Gasteiger partial charge in [0.25, 0.3) is 5.91 Å². The number of nitrogens with one attached hydrogen (secondary N) is 1. The molecular formula is C21H30N4O. The van der Waals surface area contributed by atoms with Gasteiger partial charge in [-0.1, -0.05) is 26.0 Å². The second kappa shape index (κ2) is 7.94. The molecule has 1 fully saturated rings. The Kier molecular flexibility index (Phi) is 5.64. The van der Waals surface area contributed by atoms with E-state index in [0.29, 0.717) is 12.0 Å². The molecule has 1 aliphatic rings. The molecule has 1 aliphatic heterocycles. The van der Waals surface area contributed by atoms with E-state index in [2.05, 4.69) is 55.5 Å². The lowest BCUT2D eigenvalue weighted by atomic mass is 10.0. The number of aryl methyl sites for hydroxylation is 2. The van der Waals surface area contributed by atoms with E-state index < -0.39 is 0 Å². The van der Waals surface area contributed by atoms with Gasteiger partial charge in [-0.15, -0.1) is 0 Å². The molecule has 0 aliphatic carbocycles. The van der Waals surface area contributed by atoms with E-state index >= 15 is 0 Å². The number of amides is 1. The van der Waals surface area contributed by atoms with Crippen molar-refractivity contribution in [1.82, 2.24) is 14.7 Å². The van der Waals surface area contributed by atoms with E-state index in [9.17, 15) is 4.79 Å². The van der Waals surface area contributed by atoms with Gasteiger partial charge in [-0.05, 0) is 56.4 Å². The van der Waals surface area contributed by atoms with Crippen LogP contribution >= 0.6 is 0 Å². The standard InChI is InChI=1S/C21H30N4O/c1-5-25-20(14-19(23-25)15(2)3)21(26)24-11-9-17(10-12-24)22-18-8-6-7-16(4)13-18/h6-8,13-15,17,22H,5,9-12H2,1-4H3. The third-order valence-corrected chi connectivity index (χ3v) is 5.08. The highest BCUT2D eigenvalue weighted by atomic mass is 16.2. The summed E-state index contributed by atoms with van der Waals surface area (Å²) in [7, 11) is 0. The number of hydrogen-bond acceptors (Lipinski definition) is 3. The molecule has 1 N–H and O–H groups in total. The van der Waals surface area contributed by atoms with Crippen molar-refractivity contribution in [3.63, 3.8) is 0 Å². The number of likely N-dealkylation sites (tertiary alicyclic amines) is 1. The molecular weight excluding hydrogens is 324 g/mol. The highest BCUT2D eigenvalue weighted by Crippen LogP contribution is 2.21. The van der Waals surface area contributed by atoms with Gasteiger partial charge in [0.05, 0.1) is 5.69 Å². The van der Waals surface area contributed by atoms with Crippen molar-refractivity contribution >= 4 is 11.6 Å². The third kappa shape index (κ3) is 4.09. The summed E-state index contributed by atoms with van der Waals surface area (Å²) >= 11 is 0. The highest BCUT2D eigenvalue weighted by Gasteiger charge is 2.26. The summed E-state index contributed by atoms with van der Waals surface area (Å²) in [5.74, 6) is 0.443. The maximum atomic E-state index is 13.0. The molecule has 140 valence electrons. The van der Waals surface area contributed by atoms with Crippen LogP contribution in [0.5, 0.6) is 0 Å². The van der Waals surface area contributed by atoms with Gasteiger partial charge in [-0.3, -0.25) is 9.48 Å². The van der Waals surface area contributed by atoms with Crippen LogP contribution in [0.25, 0.3) is 0 Å². The number of anilines is 1. The highest BCUT2D eigenvalue weighted by molar-refractivity contribution is 5.92. The summed E-state index contributed by atoms with van der Waals surface area (Å²) in [4.78, 5) is 14.9. The van der Waals surface area contributed by atoms with E-state index in [1.54, 1.807) is 0 Å². The van der Waals surface area contributed by atoms with Crippen LogP contribution in [0.1, 0.15) is 61.3 Å². The topological polar surface area (TPSA) is 50.2 Å². The fourth-order valence-electron chi connectivity index (χ4n) is 3.49. The van der Waals surface area contributed by atoms with E-state index in [1.807, 2.05) is 22.6 Å². The second-order valence-corrected chi connectivity index (χ2v) is 7.51. The Labute approximate surface area is 156 Å². The van der Waals surface area contributed by atoms with Crippen molar-refractivity contribution < 1.29 is 4.79 Å². The van der Waals surface area contributed by atoms with Crippen LogP contribution in [0, 0.1) is 6.92 Å². The lowest BCUT2D eigenvalue weighted by Crippen LogP contribution is -2.43. The van der Waals surface area contributed by atoms with Crippen LogP contribution in [0.4, 0.5) is 5.69 Å². The molecule has 0 radical (unpaired) electrons. The average molecular weight is 354 g/mol. The number of carbonyl (C=O) groups is 1. The number of benzene rings is 1. The van der Waals surface area contributed by atoms with Gasteiger partial charge in [0.1, 0.15) is 5.69 Å². The van der Waals surface area contributed by atoms with Crippen molar-refractivity contribution in [2.24, 2.45) is 0 Å². The number of aromatic nitrogens is 2. The van der Waals surface area contributed by atoms with E-state index in [-0.39, 0.29) is 5.91 Å². The second-order valence-electron chi connectivity index (χ2n) is 7.51. The predicted molar refractivity (Wildman–Crippen MR) is 106 cm³/mol. The molecule has 1 saturated heterocycles. The van der Waals surface area contributed by atoms with Gasteiger partial charge in [0.2, 0.25) is 0 Å². The van der Waals surface area contributed by atoms with Gasteiger partial charge in [-0.2, -0.15) is 5.10 Å². The molecule has 2 aromatic rings. The molecule has 0 unspecified atom stereocenters. The number of piperidine rings is 1. The molecule has 1 aromatic heterocycles. The normalized spacial score (nSPS) is 15.5. The molecule has 0 saturated carbocycles. The lowest BCUT2D eigenvalue weighted by molar-refractivity contribution is 0.0706. The first-order valence-corrected chi connectivity index (χ1v) is 9.68. The maximum Gasteiger partial charge on any atom is 0.272 e. The maximum absolute atomic E-state index is 13.0. The summed E-state index contributed by atoms with van der Waals surface area (Å²) in [5, 5.41) is 8.19. The molecule has 0 spiro atoms. The van der Waals surface area contributed by atoms with Gasteiger partial charge >= 0.3 is 0 Å². The summed E-state index contributed by atoms with van der Waals surface area (Å²) in [6, 6.07) is 10.8. The lowest BCUT2D eigenvalue weighted by Gasteiger charge is -2.33. The van der Waals surface area contributed by atoms with E-state index in [1.165, 1.54) is 11.3 Å². The van der Waals surface area contributed by atoms with E-state index in [4.69, 9.17) is 0 Å². The number of hydrogen-bond donors (Lipinski definition) is 1. The summed E-state index contributed by atoms with van der Waals surface area (Å²) in [5.41, 5.74) is 4.14. The molecule has 1 amide bonds. The first kappa shape index (κ1) is 18.5. The fraction of sp³-hybridized carbons (Fsp3) is 0.524. The Bertz CT molecular complexity index is 757. The third-order valence-electron chi connectivity index (χ3n) is 5.08. The average Bonchev–Trinajstić information content (AvgIpc) is 3.06. The molecule has 2 heterocycles. The molecule has 0 atom stereocenters. The molecule has 0 bridgehead atoms. The van der Waals surface area contributed by atoms with Crippen molar-refractivity contribution in [2.75, 3.05) is 18.4 Å². The summed E-state index contributed by atoms with van der Waals surface area (Å²) in [6.45, 7) is 10.7. The Balaban J connectivity index is 1.62. The Hall–Kier alpha value is -2.30. The van der Waals surface area contributed by atoms with Gasteiger partial charge in [0, 0.05) is 31.4 Å². The van der Waals surface area contributed by atoms with Crippen LogP contribution in [0.3, 0.4) is 0 Å². The van der Waals surface area contributed by atoms with E-state index in [0.717, 1.165) is 43.9 Å². The number of nitrogens with zero attached hydrogens (tertiary/aromatic N) is 3. The van der Waals surface area contributed by atoms with Gasteiger partial charge < -0.3 is 10.2 Å². The van der Waals surface area contributed by atoms with Crippen LogP contribution in [0.15, 0.2) is 30.3 Å². The first-order valence-electron chi connectivity index (χ1n) is 9.68. The first-order chi connectivity index (χ1) is 12.5. The van der Waals surface area contributed by atoms with Crippen molar-refractivity contribution in [2.45, 2.75) is 59.0 Å². The quantitative estimate of drug-likeness (QED) is 0.881. The Morgan fingerprint density at radius 1 is 1.27 bits per heavy atom. The smallest absolute Gasteiger partial charge is 0.272 e. The van der Waals surface area contributed by atoms with Crippen LogP contribution < -0.4 is 5.32 Å². The minimum absolute atomic E-state index is 0.111. The molecule has 5 heteroatoms. The van der Waals surface area contributed by atoms with Crippen LogP contribution in [0.2, 0.25) is 0 Å². The minimum Gasteiger partial charge on any atom is -0.382 e. The summed E-state index contributed by atoms with van der Waals surface area (Å²) < 4.78 is 1.84. The molecule has 1 aromatic carbocycles.